The lowest BCUT2D eigenvalue weighted by atomic mass is 10.1. The number of phosphoric ester groups is 1. The van der Waals surface area contributed by atoms with Gasteiger partial charge in [-0.15, -0.1) is 0 Å². The third-order valence-corrected chi connectivity index (χ3v) is 6.44. The molecule has 2 aliphatic rings. The predicted octanol–water partition coefficient (Wildman–Crippen LogP) is 0.440. The highest BCUT2D eigenvalue weighted by Gasteiger charge is 2.41. The van der Waals surface area contributed by atoms with E-state index in [-0.39, 0.29) is 42.3 Å². The number of rotatable bonds is 7. The molecule has 2 aliphatic heterocycles. The van der Waals surface area contributed by atoms with E-state index in [9.17, 15) is 19.4 Å². The van der Waals surface area contributed by atoms with E-state index in [1.165, 1.54) is 10.9 Å². The number of H-pyrrole nitrogens is 1. The van der Waals surface area contributed by atoms with Gasteiger partial charge in [0.25, 0.3) is 5.56 Å². The number of hydrogen-bond donors (Lipinski definition) is 4. The van der Waals surface area contributed by atoms with Crippen LogP contribution in [-0.2, 0) is 23.1 Å². The fourth-order valence-corrected chi connectivity index (χ4v) is 4.91. The van der Waals surface area contributed by atoms with Gasteiger partial charge in [0.15, 0.2) is 11.2 Å². The number of aliphatic hydroxyl groups excluding tert-OH is 1. The lowest BCUT2D eigenvalue weighted by Gasteiger charge is -2.22. The summed E-state index contributed by atoms with van der Waals surface area (Å²) in [7, 11) is -4.39. The van der Waals surface area contributed by atoms with Gasteiger partial charge in [0.1, 0.15) is 12.3 Å². The number of imidazole rings is 1. The number of aromatic amines is 1. The fraction of sp³-hybridized carbons (Fsp3) is 0.706. The van der Waals surface area contributed by atoms with Gasteiger partial charge in [-0.05, 0) is 13.3 Å². The van der Waals surface area contributed by atoms with Crippen molar-refractivity contribution in [2.24, 2.45) is 0 Å². The van der Waals surface area contributed by atoms with Crippen LogP contribution in [0.1, 0.15) is 39.3 Å². The second-order valence-electron chi connectivity index (χ2n) is 7.74. The van der Waals surface area contributed by atoms with Crippen LogP contribution in [0.15, 0.2) is 11.1 Å². The molecule has 2 fully saturated rings. The smallest absolute Gasteiger partial charge is 0.390 e. The van der Waals surface area contributed by atoms with Gasteiger partial charge in [0.05, 0.1) is 37.4 Å². The second-order valence-corrected chi connectivity index (χ2v) is 9.15. The van der Waals surface area contributed by atoms with E-state index in [4.69, 9.17) is 24.3 Å². The van der Waals surface area contributed by atoms with Crippen LogP contribution >= 0.6 is 7.82 Å². The van der Waals surface area contributed by atoms with Crippen molar-refractivity contribution in [3.05, 3.63) is 16.7 Å². The lowest BCUT2D eigenvalue weighted by molar-refractivity contribution is -0.0478. The highest BCUT2D eigenvalue weighted by atomic mass is 31.2. The second kappa shape index (κ2) is 8.58. The molecule has 14 heteroatoms. The first kappa shape index (κ1) is 22.3. The van der Waals surface area contributed by atoms with E-state index in [1.54, 1.807) is 0 Å². The summed E-state index contributed by atoms with van der Waals surface area (Å²) in [6.45, 7) is 3.41. The Balaban J connectivity index is 1.40. The zero-order valence-corrected chi connectivity index (χ0v) is 18.0. The topological polar surface area (TPSA) is 184 Å². The van der Waals surface area contributed by atoms with Crippen molar-refractivity contribution in [1.82, 2.24) is 19.5 Å². The summed E-state index contributed by atoms with van der Waals surface area (Å²) < 4.78 is 35.7. The monoisotopic (exact) mass is 459 g/mol. The van der Waals surface area contributed by atoms with E-state index in [1.807, 2.05) is 13.8 Å². The third-order valence-electron chi connectivity index (χ3n) is 5.42. The average Bonchev–Trinajstić information content (AvgIpc) is 3.36. The maximum atomic E-state index is 12.4. The first-order valence-electron chi connectivity index (χ1n) is 10.0. The molecule has 2 aromatic heterocycles. The van der Waals surface area contributed by atoms with Crippen LogP contribution in [0.5, 0.6) is 0 Å². The first-order valence-corrected chi connectivity index (χ1v) is 11.5. The molecule has 31 heavy (non-hydrogen) atoms. The van der Waals surface area contributed by atoms with Crippen LogP contribution in [0.3, 0.4) is 0 Å². The number of nitrogens with two attached hydrogens (primary N) is 1. The quantitative estimate of drug-likeness (QED) is 0.421. The van der Waals surface area contributed by atoms with Gasteiger partial charge in [-0.1, -0.05) is 6.92 Å². The molecular weight excluding hydrogens is 433 g/mol. The van der Waals surface area contributed by atoms with Crippen molar-refractivity contribution in [3.8, 4) is 0 Å². The summed E-state index contributed by atoms with van der Waals surface area (Å²) in [5, 5.41) is 10.4. The molecule has 172 valence electrons. The van der Waals surface area contributed by atoms with E-state index in [0.717, 1.165) is 0 Å². The Morgan fingerprint density at radius 2 is 2.16 bits per heavy atom. The molecule has 4 heterocycles. The van der Waals surface area contributed by atoms with Crippen molar-refractivity contribution in [1.29, 1.82) is 0 Å². The van der Waals surface area contributed by atoms with Gasteiger partial charge in [0, 0.05) is 12.8 Å². The zero-order valence-electron chi connectivity index (χ0n) is 17.1. The summed E-state index contributed by atoms with van der Waals surface area (Å²) in [6, 6.07) is 0. The number of nitrogens with one attached hydrogen (secondary N) is 1. The third kappa shape index (κ3) is 4.67. The average molecular weight is 459 g/mol. The van der Waals surface area contributed by atoms with Crippen molar-refractivity contribution in [2.45, 2.75) is 69.9 Å². The van der Waals surface area contributed by atoms with Gasteiger partial charge in [0.2, 0.25) is 5.95 Å². The molecule has 3 unspecified atom stereocenters. The number of aromatic nitrogens is 4. The van der Waals surface area contributed by atoms with Crippen LogP contribution < -0.4 is 11.3 Å². The number of hydrogen-bond acceptors (Lipinski definition) is 10. The predicted molar refractivity (Wildman–Crippen MR) is 107 cm³/mol. The van der Waals surface area contributed by atoms with Crippen LogP contribution in [0.25, 0.3) is 11.2 Å². The molecule has 4 rings (SSSR count). The highest BCUT2D eigenvalue weighted by molar-refractivity contribution is 7.47. The maximum absolute atomic E-state index is 12.4. The molecule has 0 aromatic carbocycles. The Morgan fingerprint density at radius 1 is 1.39 bits per heavy atom. The fourth-order valence-electron chi connectivity index (χ4n) is 3.95. The number of ether oxygens (including phenoxy) is 2. The van der Waals surface area contributed by atoms with E-state index >= 15 is 0 Å². The molecule has 0 spiro atoms. The summed E-state index contributed by atoms with van der Waals surface area (Å²) >= 11 is 0. The Labute approximate surface area is 177 Å². The molecule has 13 nitrogen and oxygen atoms in total. The number of nitrogen functional groups attached to an aromatic ring is 1. The van der Waals surface area contributed by atoms with Crippen LogP contribution in [0.2, 0.25) is 0 Å². The van der Waals surface area contributed by atoms with Gasteiger partial charge < -0.3 is 25.2 Å². The number of anilines is 1. The minimum atomic E-state index is -4.39. The van der Waals surface area contributed by atoms with Crippen molar-refractivity contribution in [3.63, 3.8) is 0 Å². The number of nitrogens with zero attached hydrogens (tertiary/aromatic N) is 3. The molecule has 0 aliphatic carbocycles. The first-order chi connectivity index (χ1) is 14.7. The van der Waals surface area contributed by atoms with Gasteiger partial charge in [-0.25, -0.2) is 9.55 Å². The van der Waals surface area contributed by atoms with Crippen LogP contribution in [-0.4, -0.2) is 66.6 Å². The standard InChI is InChI=1S/C17H26N5O8P/c1-3-10-11(4-8(2)28-10)30-31(25,26)27-6-12-9(23)5-13(29-12)22-7-19-14-15(22)20-17(18)21-16(14)24/h7-13,23H,3-6H2,1-2H3,(H,25,26)(H3,18,20,21,24)/t8-,9?,10+,11?,12+,13+/m0/s1. The molecular formula is C17H26N5O8P. The number of aliphatic hydroxyl groups is 1. The van der Waals surface area contributed by atoms with Gasteiger partial charge in [-0.3, -0.25) is 23.4 Å². The molecule has 0 saturated carbocycles. The van der Waals surface area contributed by atoms with E-state index in [2.05, 4.69) is 15.0 Å². The summed E-state index contributed by atoms with van der Waals surface area (Å²) in [5.41, 5.74) is 5.39. The van der Waals surface area contributed by atoms with E-state index in [0.29, 0.717) is 12.8 Å². The molecule has 2 saturated heterocycles. The van der Waals surface area contributed by atoms with Gasteiger partial charge >= 0.3 is 7.82 Å². The highest BCUT2D eigenvalue weighted by Crippen LogP contribution is 2.48. The Hall–Kier alpha value is -1.86. The SMILES string of the molecule is CC[C@H]1O[C@@H](C)CC1OP(=O)(O)OC[C@H]1O[C@@H](n2cnc3c(=O)[nH]c(N)nc32)CC1O. The van der Waals surface area contributed by atoms with Crippen molar-refractivity contribution in [2.75, 3.05) is 12.3 Å². The molecule has 7 atom stereocenters. The number of phosphoric acid groups is 1. The maximum Gasteiger partial charge on any atom is 0.472 e. The van der Waals surface area contributed by atoms with Crippen molar-refractivity contribution >= 4 is 24.9 Å². The van der Waals surface area contributed by atoms with Crippen molar-refractivity contribution < 1.29 is 33.1 Å². The normalized spacial score (nSPS) is 33.2. The molecule has 0 radical (unpaired) electrons. The number of fused-ring (bicyclic) bond motifs is 1. The molecule has 0 bridgehead atoms. The Kier molecular flexibility index (Phi) is 6.19. The summed E-state index contributed by atoms with van der Waals surface area (Å²) in [4.78, 5) is 32.5. The summed E-state index contributed by atoms with van der Waals surface area (Å²) in [6.07, 6.45) is -0.881. The Bertz CT molecular complexity index is 1040. The van der Waals surface area contributed by atoms with Crippen LogP contribution in [0, 0.1) is 0 Å². The minimum absolute atomic E-state index is 0.0735. The van der Waals surface area contributed by atoms with Gasteiger partial charge in [-0.2, -0.15) is 4.98 Å². The molecule has 2 aromatic rings. The largest absolute Gasteiger partial charge is 0.472 e. The summed E-state index contributed by atoms with van der Waals surface area (Å²) in [5.74, 6) is -0.0772. The molecule has 0 amide bonds. The molecule has 5 N–H and O–H groups in total. The minimum Gasteiger partial charge on any atom is -0.390 e. The van der Waals surface area contributed by atoms with E-state index < -0.39 is 37.9 Å². The zero-order chi connectivity index (χ0) is 22.3. The lowest BCUT2D eigenvalue weighted by Crippen LogP contribution is -2.27. The Morgan fingerprint density at radius 3 is 2.90 bits per heavy atom. The van der Waals surface area contributed by atoms with Crippen LogP contribution in [0.4, 0.5) is 5.95 Å².